The van der Waals surface area contributed by atoms with Gasteiger partial charge in [-0.2, -0.15) is 0 Å². The Kier molecular flexibility index (Phi) is 8.22. The Hall–Kier alpha value is -1.31. The van der Waals surface area contributed by atoms with Crippen LogP contribution in [0.5, 0.6) is 5.75 Å². The highest BCUT2D eigenvalue weighted by atomic mass is 16.5. The molecule has 0 saturated carbocycles. The molecule has 0 unspecified atom stereocenters. The zero-order chi connectivity index (χ0) is 16.5. The molecule has 0 aliphatic heterocycles. The molecule has 0 aliphatic rings. The number of ketones is 1. The van der Waals surface area contributed by atoms with E-state index in [9.17, 15) is 4.79 Å². The fourth-order valence-corrected chi connectivity index (χ4v) is 2.42. The summed E-state index contributed by atoms with van der Waals surface area (Å²) in [5, 5.41) is 0. The minimum Gasteiger partial charge on any atom is -0.493 e. The summed E-state index contributed by atoms with van der Waals surface area (Å²) in [7, 11) is 0. The molecule has 0 amide bonds. The molecule has 0 atom stereocenters. The van der Waals surface area contributed by atoms with Gasteiger partial charge in [-0.25, -0.2) is 0 Å². The molecule has 0 spiro atoms. The Bertz CT molecular complexity index is 461. The van der Waals surface area contributed by atoms with Crippen molar-refractivity contribution in [1.82, 2.24) is 0 Å². The van der Waals surface area contributed by atoms with E-state index < -0.39 is 0 Å². The minimum absolute atomic E-state index is 0.178. The maximum atomic E-state index is 11.6. The van der Waals surface area contributed by atoms with Crippen molar-refractivity contribution in [3.05, 3.63) is 29.3 Å². The van der Waals surface area contributed by atoms with Gasteiger partial charge in [-0.05, 0) is 49.3 Å². The first-order valence-corrected chi connectivity index (χ1v) is 8.65. The van der Waals surface area contributed by atoms with Crippen LogP contribution in [0.4, 0.5) is 0 Å². The maximum Gasteiger partial charge on any atom is 0.135 e. The van der Waals surface area contributed by atoms with Crippen LogP contribution in [0.1, 0.15) is 64.5 Å². The molecular weight excluding hydrogens is 272 g/mol. The Morgan fingerprint density at radius 3 is 2.45 bits per heavy atom. The zero-order valence-corrected chi connectivity index (χ0v) is 14.9. The van der Waals surface area contributed by atoms with Gasteiger partial charge < -0.3 is 4.74 Å². The molecule has 0 heterocycles. The van der Waals surface area contributed by atoms with E-state index in [4.69, 9.17) is 4.74 Å². The average molecular weight is 304 g/mol. The van der Waals surface area contributed by atoms with E-state index in [0.717, 1.165) is 44.5 Å². The van der Waals surface area contributed by atoms with Crippen molar-refractivity contribution in [1.29, 1.82) is 0 Å². The Labute approximate surface area is 136 Å². The van der Waals surface area contributed by atoms with Crippen LogP contribution in [0.15, 0.2) is 18.2 Å². The fourth-order valence-electron chi connectivity index (χ4n) is 2.42. The number of hydrogen-bond acceptors (Lipinski definition) is 2. The number of unbranched alkanes of at least 4 members (excludes halogenated alkanes) is 2. The van der Waals surface area contributed by atoms with Gasteiger partial charge >= 0.3 is 0 Å². The van der Waals surface area contributed by atoms with Crippen LogP contribution < -0.4 is 4.74 Å². The first kappa shape index (κ1) is 18.7. The molecule has 2 nitrogen and oxygen atoms in total. The van der Waals surface area contributed by atoms with Gasteiger partial charge in [0.2, 0.25) is 0 Å². The van der Waals surface area contributed by atoms with Crippen molar-refractivity contribution in [2.45, 2.75) is 66.7 Å². The SMILES string of the molecule is Cc1c(CCCCCC(=O)C(C)C)cccc1OCC(C)C. The number of carbonyl (C=O) groups is 1. The van der Waals surface area contributed by atoms with Crippen molar-refractivity contribution >= 4 is 5.78 Å². The van der Waals surface area contributed by atoms with Gasteiger partial charge in [0.1, 0.15) is 11.5 Å². The van der Waals surface area contributed by atoms with Crippen LogP contribution in [-0.4, -0.2) is 12.4 Å². The van der Waals surface area contributed by atoms with Crippen LogP contribution in [0, 0.1) is 18.8 Å². The van der Waals surface area contributed by atoms with Crippen LogP contribution >= 0.6 is 0 Å². The van der Waals surface area contributed by atoms with E-state index >= 15 is 0 Å². The number of aryl methyl sites for hydroxylation is 1. The number of hydrogen-bond donors (Lipinski definition) is 0. The number of Topliss-reactive ketones (excluding diaryl/α,β-unsaturated/α-hetero) is 1. The van der Waals surface area contributed by atoms with Gasteiger partial charge in [-0.3, -0.25) is 4.79 Å². The molecule has 0 aromatic heterocycles. The van der Waals surface area contributed by atoms with Crippen LogP contribution in [0.3, 0.4) is 0 Å². The fraction of sp³-hybridized carbons (Fsp3) is 0.650. The van der Waals surface area contributed by atoms with Crippen LogP contribution in [0.25, 0.3) is 0 Å². The normalized spacial score (nSPS) is 11.2. The van der Waals surface area contributed by atoms with Crippen molar-refractivity contribution in [2.24, 2.45) is 11.8 Å². The second-order valence-corrected chi connectivity index (χ2v) is 6.93. The second kappa shape index (κ2) is 9.66. The van der Waals surface area contributed by atoms with Crippen molar-refractivity contribution < 1.29 is 9.53 Å². The molecule has 0 radical (unpaired) electrons. The molecule has 0 aliphatic carbocycles. The smallest absolute Gasteiger partial charge is 0.135 e. The monoisotopic (exact) mass is 304 g/mol. The Morgan fingerprint density at radius 1 is 1.09 bits per heavy atom. The lowest BCUT2D eigenvalue weighted by atomic mass is 9.99. The third-order valence-electron chi connectivity index (χ3n) is 3.98. The first-order valence-electron chi connectivity index (χ1n) is 8.65. The molecule has 2 heteroatoms. The average Bonchev–Trinajstić information content (AvgIpc) is 2.46. The predicted molar refractivity (Wildman–Crippen MR) is 93.5 cm³/mol. The summed E-state index contributed by atoms with van der Waals surface area (Å²) in [6, 6.07) is 6.33. The van der Waals surface area contributed by atoms with E-state index in [2.05, 4.69) is 39.0 Å². The van der Waals surface area contributed by atoms with E-state index in [1.165, 1.54) is 11.1 Å². The van der Waals surface area contributed by atoms with Gasteiger partial charge in [0.05, 0.1) is 6.61 Å². The number of rotatable bonds is 10. The summed E-state index contributed by atoms with van der Waals surface area (Å²) in [6.07, 6.45) is 5.07. The standard InChI is InChI=1S/C20H32O2/c1-15(2)14-22-20-13-9-11-18(17(20)5)10-7-6-8-12-19(21)16(3)4/h9,11,13,15-16H,6-8,10,12,14H2,1-5H3. The van der Waals surface area contributed by atoms with E-state index in [0.29, 0.717) is 11.7 Å². The molecule has 22 heavy (non-hydrogen) atoms. The number of ether oxygens (including phenoxy) is 1. The molecule has 0 N–H and O–H groups in total. The Balaban J connectivity index is 2.39. The Morgan fingerprint density at radius 2 is 1.82 bits per heavy atom. The van der Waals surface area contributed by atoms with Gasteiger partial charge in [0, 0.05) is 12.3 Å². The molecule has 0 saturated heterocycles. The highest BCUT2D eigenvalue weighted by Gasteiger charge is 2.08. The molecule has 1 rings (SSSR count). The zero-order valence-electron chi connectivity index (χ0n) is 14.9. The van der Waals surface area contributed by atoms with E-state index in [1.807, 2.05) is 13.8 Å². The van der Waals surface area contributed by atoms with Gasteiger partial charge in [0.25, 0.3) is 0 Å². The molecule has 124 valence electrons. The third kappa shape index (κ3) is 6.64. The molecule has 0 bridgehead atoms. The highest BCUT2D eigenvalue weighted by Crippen LogP contribution is 2.23. The maximum absolute atomic E-state index is 11.6. The molecule has 0 fully saturated rings. The first-order chi connectivity index (χ1) is 10.4. The highest BCUT2D eigenvalue weighted by molar-refractivity contribution is 5.80. The molecular formula is C20H32O2. The largest absolute Gasteiger partial charge is 0.493 e. The summed E-state index contributed by atoms with van der Waals surface area (Å²) >= 11 is 0. The topological polar surface area (TPSA) is 26.3 Å². The third-order valence-corrected chi connectivity index (χ3v) is 3.98. The van der Waals surface area contributed by atoms with Gasteiger partial charge in [-0.15, -0.1) is 0 Å². The number of carbonyl (C=O) groups excluding carboxylic acids is 1. The van der Waals surface area contributed by atoms with E-state index in [1.54, 1.807) is 0 Å². The second-order valence-electron chi connectivity index (χ2n) is 6.93. The summed E-state index contributed by atoms with van der Waals surface area (Å²) in [6.45, 7) is 11.2. The van der Waals surface area contributed by atoms with E-state index in [-0.39, 0.29) is 5.92 Å². The quantitative estimate of drug-likeness (QED) is 0.544. The molecule has 1 aromatic carbocycles. The van der Waals surface area contributed by atoms with Crippen molar-refractivity contribution in [3.63, 3.8) is 0 Å². The number of benzene rings is 1. The van der Waals surface area contributed by atoms with Gasteiger partial charge in [-0.1, -0.05) is 46.2 Å². The van der Waals surface area contributed by atoms with Crippen molar-refractivity contribution in [3.8, 4) is 5.75 Å². The summed E-state index contributed by atoms with van der Waals surface area (Å²) in [4.78, 5) is 11.6. The summed E-state index contributed by atoms with van der Waals surface area (Å²) < 4.78 is 5.88. The summed E-state index contributed by atoms with van der Waals surface area (Å²) in [5.74, 6) is 2.13. The van der Waals surface area contributed by atoms with Crippen LogP contribution in [-0.2, 0) is 11.2 Å². The summed E-state index contributed by atoms with van der Waals surface area (Å²) in [5.41, 5.74) is 2.64. The van der Waals surface area contributed by atoms with Crippen molar-refractivity contribution in [2.75, 3.05) is 6.61 Å². The minimum atomic E-state index is 0.178. The lowest BCUT2D eigenvalue weighted by Crippen LogP contribution is -2.06. The van der Waals surface area contributed by atoms with Gasteiger partial charge in [0.15, 0.2) is 0 Å². The predicted octanol–water partition coefficient (Wildman–Crippen LogP) is 5.36. The van der Waals surface area contributed by atoms with Crippen LogP contribution in [0.2, 0.25) is 0 Å². The lowest BCUT2D eigenvalue weighted by Gasteiger charge is -2.14. The molecule has 1 aromatic rings. The lowest BCUT2D eigenvalue weighted by molar-refractivity contribution is -0.122.